The maximum absolute atomic E-state index is 12.6. The normalized spacial score (nSPS) is 13.1. The van der Waals surface area contributed by atoms with Gasteiger partial charge in [-0.25, -0.2) is 13.1 Å². The zero-order valence-corrected chi connectivity index (χ0v) is 14.7. The number of nitrogens with one attached hydrogen (secondary N) is 1. The van der Waals surface area contributed by atoms with Crippen LogP contribution in [-0.4, -0.2) is 15.5 Å². The number of benzene rings is 2. The average molecular weight is 333 g/mol. The molecule has 0 radical (unpaired) electrons. The van der Waals surface area contributed by atoms with E-state index in [1.54, 1.807) is 31.4 Å². The monoisotopic (exact) mass is 333 g/mol. The van der Waals surface area contributed by atoms with E-state index in [9.17, 15) is 8.42 Å². The molecule has 5 heteroatoms. The lowest BCUT2D eigenvalue weighted by Gasteiger charge is -2.23. The van der Waals surface area contributed by atoms with Gasteiger partial charge in [-0.05, 0) is 42.7 Å². The molecule has 0 fully saturated rings. The average Bonchev–Trinajstić information content (AvgIpc) is 2.53. The third-order valence-corrected chi connectivity index (χ3v) is 5.21. The molecule has 4 nitrogen and oxygen atoms in total. The molecule has 0 heterocycles. The van der Waals surface area contributed by atoms with Gasteiger partial charge in [-0.2, -0.15) is 0 Å². The molecule has 124 valence electrons. The Morgan fingerprint density at radius 3 is 2.00 bits per heavy atom. The summed E-state index contributed by atoms with van der Waals surface area (Å²) in [6.45, 7) is 5.91. The molecule has 1 atom stereocenters. The molecule has 23 heavy (non-hydrogen) atoms. The van der Waals surface area contributed by atoms with Crippen LogP contribution in [0.4, 0.5) is 0 Å². The van der Waals surface area contributed by atoms with E-state index in [1.807, 2.05) is 45.0 Å². The lowest BCUT2D eigenvalue weighted by Crippen LogP contribution is -2.31. The first-order chi connectivity index (χ1) is 10.8. The highest BCUT2D eigenvalue weighted by Gasteiger charge is 2.23. The molecule has 0 aliphatic carbocycles. The second-order valence-electron chi connectivity index (χ2n) is 5.93. The summed E-state index contributed by atoms with van der Waals surface area (Å²) in [5, 5.41) is 0. The van der Waals surface area contributed by atoms with Crippen LogP contribution in [0, 0.1) is 12.8 Å². The van der Waals surface area contributed by atoms with Gasteiger partial charge in [0, 0.05) is 6.04 Å². The fourth-order valence-corrected chi connectivity index (χ4v) is 3.73. The highest BCUT2D eigenvalue weighted by Crippen LogP contribution is 2.26. The van der Waals surface area contributed by atoms with Gasteiger partial charge in [-0.15, -0.1) is 0 Å². The van der Waals surface area contributed by atoms with Crippen LogP contribution in [0.5, 0.6) is 5.75 Å². The van der Waals surface area contributed by atoms with Gasteiger partial charge in [0.05, 0.1) is 12.0 Å². The van der Waals surface area contributed by atoms with Crippen molar-refractivity contribution in [2.45, 2.75) is 31.7 Å². The second-order valence-corrected chi connectivity index (χ2v) is 7.64. The molecule has 0 saturated heterocycles. The van der Waals surface area contributed by atoms with E-state index in [-0.39, 0.29) is 16.9 Å². The van der Waals surface area contributed by atoms with Crippen LogP contribution in [0.25, 0.3) is 0 Å². The van der Waals surface area contributed by atoms with Gasteiger partial charge in [0.1, 0.15) is 5.75 Å². The van der Waals surface area contributed by atoms with Crippen LogP contribution < -0.4 is 9.46 Å². The maximum Gasteiger partial charge on any atom is 0.241 e. The van der Waals surface area contributed by atoms with Crippen LogP contribution in [0.1, 0.15) is 31.0 Å². The third kappa shape index (κ3) is 4.33. The fraction of sp³-hybridized carbons (Fsp3) is 0.333. The molecule has 0 spiro atoms. The van der Waals surface area contributed by atoms with Crippen LogP contribution >= 0.6 is 0 Å². The Hall–Kier alpha value is -1.85. The summed E-state index contributed by atoms with van der Waals surface area (Å²) in [6.07, 6.45) is 0. The van der Waals surface area contributed by atoms with Gasteiger partial charge in [-0.1, -0.05) is 43.7 Å². The number of rotatable bonds is 6. The number of aryl methyl sites for hydroxylation is 1. The Morgan fingerprint density at radius 1 is 0.957 bits per heavy atom. The van der Waals surface area contributed by atoms with Gasteiger partial charge < -0.3 is 4.74 Å². The van der Waals surface area contributed by atoms with E-state index in [1.165, 1.54) is 0 Å². The Balaban J connectivity index is 2.29. The number of methoxy groups -OCH3 is 1. The van der Waals surface area contributed by atoms with Gasteiger partial charge in [0.25, 0.3) is 0 Å². The number of hydrogen-bond acceptors (Lipinski definition) is 3. The standard InChI is InChI=1S/C18H23NO3S/c1-13(2)18(15-7-9-16(22-4)10-8-15)19-23(20,21)17-11-5-14(3)6-12-17/h5-13,18-19H,1-4H3. The van der Waals surface area contributed by atoms with Crippen molar-refractivity contribution in [1.82, 2.24) is 4.72 Å². The van der Waals surface area contributed by atoms with E-state index < -0.39 is 10.0 Å². The Labute approximate surface area is 138 Å². The van der Waals surface area contributed by atoms with Crippen molar-refractivity contribution in [2.75, 3.05) is 7.11 Å². The van der Waals surface area contributed by atoms with E-state index in [0.717, 1.165) is 16.9 Å². The minimum atomic E-state index is -3.57. The van der Waals surface area contributed by atoms with Crippen LogP contribution in [0.3, 0.4) is 0 Å². The van der Waals surface area contributed by atoms with Crippen molar-refractivity contribution in [1.29, 1.82) is 0 Å². The molecule has 0 aliphatic rings. The molecule has 1 N–H and O–H groups in total. The molecule has 2 aromatic carbocycles. The van der Waals surface area contributed by atoms with Crippen LogP contribution in [-0.2, 0) is 10.0 Å². The SMILES string of the molecule is COc1ccc(C(NS(=O)(=O)c2ccc(C)cc2)C(C)C)cc1. The topological polar surface area (TPSA) is 55.4 Å². The second kappa shape index (κ2) is 7.15. The summed E-state index contributed by atoms with van der Waals surface area (Å²) in [5.74, 6) is 0.862. The number of sulfonamides is 1. The van der Waals surface area contributed by atoms with Crippen molar-refractivity contribution < 1.29 is 13.2 Å². The molecular weight excluding hydrogens is 310 g/mol. The summed E-state index contributed by atoms with van der Waals surface area (Å²) in [6, 6.07) is 14.0. The highest BCUT2D eigenvalue weighted by atomic mass is 32.2. The zero-order chi connectivity index (χ0) is 17.0. The van der Waals surface area contributed by atoms with Gasteiger partial charge in [-0.3, -0.25) is 0 Å². The number of hydrogen-bond donors (Lipinski definition) is 1. The molecule has 2 aromatic rings. The van der Waals surface area contributed by atoms with Gasteiger partial charge in [0.15, 0.2) is 0 Å². The van der Waals surface area contributed by atoms with Gasteiger partial charge in [0.2, 0.25) is 10.0 Å². The summed E-state index contributed by atoms with van der Waals surface area (Å²) in [5.41, 5.74) is 1.94. The predicted octanol–water partition coefficient (Wildman–Crippen LogP) is 3.68. The van der Waals surface area contributed by atoms with Crippen LogP contribution in [0.15, 0.2) is 53.4 Å². The van der Waals surface area contributed by atoms with Crippen molar-refractivity contribution in [3.8, 4) is 5.75 Å². The minimum Gasteiger partial charge on any atom is -0.497 e. The van der Waals surface area contributed by atoms with E-state index in [2.05, 4.69) is 4.72 Å². The van der Waals surface area contributed by atoms with Crippen LogP contribution in [0.2, 0.25) is 0 Å². The molecule has 0 aromatic heterocycles. The van der Waals surface area contributed by atoms with Crippen molar-refractivity contribution >= 4 is 10.0 Å². The number of ether oxygens (including phenoxy) is 1. The first-order valence-electron chi connectivity index (χ1n) is 7.56. The summed E-state index contributed by atoms with van der Waals surface area (Å²) >= 11 is 0. The largest absolute Gasteiger partial charge is 0.497 e. The lowest BCUT2D eigenvalue weighted by molar-refractivity contribution is 0.413. The highest BCUT2D eigenvalue weighted by molar-refractivity contribution is 7.89. The van der Waals surface area contributed by atoms with E-state index in [4.69, 9.17) is 4.74 Å². The van der Waals surface area contributed by atoms with Gasteiger partial charge >= 0.3 is 0 Å². The Kier molecular flexibility index (Phi) is 5.44. The lowest BCUT2D eigenvalue weighted by atomic mass is 9.97. The summed E-state index contributed by atoms with van der Waals surface area (Å²) in [4.78, 5) is 0.280. The molecule has 1 unspecified atom stereocenters. The minimum absolute atomic E-state index is 0.114. The molecule has 0 amide bonds. The molecule has 0 aliphatic heterocycles. The molecule has 0 saturated carbocycles. The molecular formula is C18H23NO3S. The van der Waals surface area contributed by atoms with Crippen molar-refractivity contribution in [3.05, 3.63) is 59.7 Å². The summed E-state index contributed by atoms with van der Waals surface area (Å²) < 4.78 is 33.2. The Bertz CT molecular complexity index is 735. The van der Waals surface area contributed by atoms with Crippen molar-refractivity contribution in [3.63, 3.8) is 0 Å². The van der Waals surface area contributed by atoms with E-state index >= 15 is 0 Å². The predicted molar refractivity (Wildman–Crippen MR) is 92.1 cm³/mol. The third-order valence-electron chi connectivity index (χ3n) is 3.75. The van der Waals surface area contributed by atoms with Crippen molar-refractivity contribution in [2.24, 2.45) is 5.92 Å². The fourth-order valence-electron chi connectivity index (χ4n) is 2.35. The quantitative estimate of drug-likeness (QED) is 0.877. The summed E-state index contributed by atoms with van der Waals surface area (Å²) in [7, 11) is -1.96. The first kappa shape index (κ1) is 17.5. The Morgan fingerprint density at radius 2 is 1.52 bits per heavy atom. The smallest absolute Gasteiger partial charge is 0.241 e. The maximum atomic E-state index is 12.6. The first-order valence-corrected chi connectivity index (χ1v) is 9.05. The molecule has 2 rings (SSSR count). The zero-order valence-electron chi connectivity index (χ0n) is 13.9. The molecule has 0 bridgehead atoms. The van der Waals surface area contributed by atoms with E-state index in [0.29, 0.717) is 0 Å².